The van der Waals surface area contributed by atoms with Gasteiger partial charge < -0.3 is 10.2 Å². The summed E-state index contributed by atoms with van der Waals surface area (Å²) in [6, 6.07) is 0.599. The maximum atomic E-state index is 11.2. The first-order chi connectivity index (χ1) is 5.29. The molecule has 0 spiro atoms. The molecule has 1 aliphatic carbocycles. The number of hydrogen-bond donors (Lipinski definition) is 1. The molecule has 1 aliphatic heterocycles. The molecule has 1 N–H and O–H groups in total. The summed E-state index contributed by atoms with van der Waals surface area (Å²) < 4.78 is 0. The number of carbonyl (C=O) groups excluding carboxylic acids is 1. The van der Waals surface area contributed by atoms with E-state index in [1.54, 1.807) is 0 Å². The molecular weight excluding hydrogens is 140 g/mol. The molecule has 0 aromatic carbocycles. The van der Waals surface area contributed by atoms with E-state index in [-0.39, 0.29) is 6.03 Å². The molecule has 2 fully saturated rings. The molecule has 1 saturated heterocycles. The molecule has 3 heteroatoms. The Morgan fingerprint density at radius 2 is 2.36 bits per heavy atom. The third-order valence-electron chi connectivity index (χ3n) is 2.69. The lowest BCUT2D eigenvalue weighted by atomic mass is 10.2. The molecule has 62 valence electrons. The first-order valence-corrected chi connectivity index (χ1v) is 4.33. The van der Waals surface area contributed by atoms with Crippen LogP contribution in [0.2, 0.25) is 0 Å². The van der Waals surface area contributed by atoms with E-state index >= 15 is 0 Å². The highest BCUT2D eigenvalue weighted by atomic mass is 16.2. The van der Waals surface area contributed by atoms with Gasteiger partial charge in [0.25, 0.3) is 0 Å². The highest BCUT2D eigenvalue weighted by molar-refractivity contribution is 5.76. The van der Waals surface area contributed by atoms with Gasteiger partial charge >= 0.3 is 6.03 Å². The highest BCUT2D eigenvalue weighted by Gasteiger charge is 2.35. The summed E-state index contributed by atoms with van der Waals surface area (Å²) in [6.07, 6.45) is 2.62. The first kappa shape index (κ1) is 6.95. The summed E-state index contributed by atoms with van der Waals surface area (Å²) in [5.41, 5.74) is 0. The van der Waals surface area contributed by atoms with E-state index in [0.717, 1.165) is 19.0 Å². The van der Waals surface area contributed by atoms with Gasteiger partial charge in [-0.3, -0.25) is 0 Å². The Bertz CT molecular complexity index is 177. The topological polar surface area (TPSA) is 32.3 Å². The number of urea groups is 1. The second-order valence-corrected chi connectivity index (χ2v) is 3.50. The van der Waals surface area contributed by atoms with Crippen LogP contribution >= 0.6 is 0 Å². The fourth-order valence-corrected chi connectivity index (χ4v) is 1.71. The fraction of sp³-hybridized carbons (Fsp3) is 0.875. The quantitative estimate of drug-likeness (QED) is 0.627. The molecule has 0 bridgehead atoms. The van der Waals surface area contributed by atoms with Crippen molar-refractivity contribution < 1.29 is 4.79 Å². The lowest BCUT2D eigenvalue weighted by Gasteiger charge is -2.22. The summed E-state index contributed by atoms with van der Waals surface area (Å²) in [4.78, 5) is 13.1. The maximum Gasteiger partial charge on any atom is 0.317 e. The van der Waals surface area contributed by atoms with Gasteiger partial charge in [0.1, 0.15) is 0 Å². The van der Waals surface area contributed by atoms with Crippen LogP contribution in [0.25, 0.3) is 0 Å². The van der Waals surface area contributed by atoms with Crippen molar-refractivity contribution in [2.24, 2.45) is 5.92 Å². The average molecular weight is 154 g/mol. The van der Waals surface area contributed by atoms with Crippen molar-refractivity contribution in [3.63, 3.8) is 0 Å². The van der Waals surface area contributed by atoms with Crippen LogP contribution in [-0.2, 0) is 0 Å². The summed E-state index contributed by atoms with van der Waals surface area (Å²) in [7, 11) is 0. The summed E-state index contributed by atoms with van der Waals surface area (Å²) >= 11 is 0. The maximum absolute atomic E-state index is 11.2. The second kappa shape index (κ2) is 2.40. The zero-order valence-corrected chi connectivity index (χ0v) is 6.84. The number of hydrogen-bond acceptors (Lipinski definition) is 1. The van der Waals surface area contributed by atoms with Gasteiger partial charge in [0.2, 0.25) is 0 Å². The molecule has 2 rings (SSSR count). The van der Waals surface area contributed by atoms with Gasteiger partial charge in [-0.15, -0.1) is 0 Å². The summed E-state index contributed by atoms with van der Waals surface area (Å²) in [5, 5.41) is 2.82. The zero-order valence-electron chi connectivity index (χ0n) is 6.84. The van der Waals surface area contributed by atoms with E-state index in [0.29, 0.717) is 6.04 Å². The molecule has 1 saturated carbocycles. The van der Waals surface area contributed by atoms with Crippen molar-refractivity contribution in [3.05, 3.63) is 0 Å². The number of nitrogens with zero attached hydrogens (tertiary/aromatic N) is 1. The van der Waals surface area contributed by atoms with Gasteiger partial charge in [-0.05, 0) is 25.7 Å². The lowest BCUT2D eigenvalue weighted by molar-refractivity contribution is 0.195. The van der Waals surface area contributed by atoms with Crippen molar-refractivity contribution in [2.45, 2.75) is 25.8 Å². The van der Waals surface area contributed by atoms with E-state index in [1.165, 1.54) is 12.8 Å². The van der Waals surface area contributed by atoms with E-state index in [2.05, 4.69) is 12.2 Å². The van der Waals surface area contributed by atoms with Crippen LogP contribution in [0, 0.1) is 5.92 Å². The van der Waals surface area contributed by atoms with E-state index in [4.69, 9.17) is 0 Å². The second-order valence-electron chi connectivity index (χ2n) is 3.50. The SMILES string of the molecule is CC(C1CC1)N1CCNC1=O. The molecule has 2 amide bonds. The Morgan fingerprint density at radius 1 is 1.64 bits per heavy atom. The van der Waals surface area contributed by atoms with Crippen LogP contribution in [0.4, 0.5) is 4.79 Å². The first-order valence-electron chi connectivity index (χ1n) is 4.33. The third-order valence-corrected chi connectivity index (χ3v) is 2.69. The van der Waals surface area contributed by atoms with E-state index < -0.39 is 0 Å². The monoisotopic (exact) mass is 154 g/mol. The Morgan fingerprint density at radius 3 is 2.82 bits per heavy atom. The van der Waals surface area contributed by atoms with Crippen molar-refractivity contribution in [1.82, 2.24) is 10.2 Å². The van der Waals surface area contributed by atoms with Gasteiger partial charge in [0.15, 0.2) is 0 Å². The molecule has 0 radical (unpaired) electrons. The van der Waals surface area contributed by atoms with Crippen molar-refractivity contribution in [3.8, 4) is 0 Å². The smallest absolute Gasteiger partial charge is 0.317 e. The number of carbonyl (C=O) groups is 1. The average Bonchev–Trinajstić information content (AvgIpc) is 2.74. The van der Waals surface area contributed by atoms with Gasteiger partial charge in [-0.2, -0.15) is 0 Å². The van der Waals surface area contributed by atoms with Crippen molar-refractivity contribution >= 4 is 6.03 Å². The van der Waals surface area contributed by atoms with Crippen molar-refractivity contribution in [2.75, 3.05) is 13.1 Å². The predicted molar refractivity (Wildman–Crippen MR) is 42.3 cm³/mol. The molecular formula is C8H14N2O. The van der Waals surface area contributed by atoms with Crippen LogP contribution in [0.5, 0.6) is 0 Å². The Hall–Kier alpha value is -0.730. The largest absolute Gasteiger partial charge is 0.336 e. The van der Waals surface area contributed by atoms with Crippen LogP contribution in [0.1, 0.15) is 19.8 Å². The standard InChI is InChI=1S/C8H14N2O/c1-6(7-2-3-7)10-5-4-9-8(10)11/h6-7H,2-5H2,1H3,(H,9,11). The van der Waals surface area contributed by atoms with Gasteiger partial charge in [-0.1, -0.05) is 0 Å². The lowest BCUT2D eigenvalue weighted by Crippen LogP contribution is -2.37. The predicted octanol–water partition coefficient (Wildman–Crippen LogP) is 0.810. The van der Waals surface area contributed by atoms with Crippen LogP contribution in [-0.4, -0.2) is 30.1 Å². The Labute approximate surface area is 66.8 Å². The van der Waals surface area contributed by atoms with Crippen LogP contribution < -0.4 is 5.32 Å². The zero-order chi connectivity index (χ0) is 7.84. The molecule has 0 aromatic heterocycles. The van der Waals surface area contributed by atoms with Crippen LogP contribution in [0.15, 0.2) is 0 Å². The van der Waals surface area contributed by atoms with E-state index in [1.807, 2.05) is 4.90 Å². The molecule has 1 unspecified atom stereocenters. The number of nitrogens with one attached hydrogen (secondary N) is 1. The summed E-state index contributed by atoms with van der Waals surface area (Å²) in [6.45, 7) is 3.88. The van der Waals surface area contributed by atoms with Gasteiger partial charge in [0, 0.05) is 19.1 Å². The van der Waals surface area contributed by atoms with Gasteiger partial charge in [0.05, 0.1) is 0 Å². The fourth-order valence-electron chi connectivity index (χ4n) is 1.71. The Balaban J connectivity index is 1.96. The van der Waals surface area contributed by atoms with Crippen LogP contribution in [0.3, 0.4) is 0 Å². The Kier molecular flexibility index (Phi) is 1.51. The molecule has 1 heterocycles. The normalized spacial score (nSPS) is 27.0. The van der Waals surface area contributed by atoms with Gasteiger partial charge in [-0.25, -0.2) is 4.79 Å². The minimum Gasteiger partial charge on any atom is -0.336 e. The molecule has 2 aliphatic rings. The number of amides is 2. The molecule has 1 atom stereocenters. The third kappa shape index (κ3) is 1.19. The molecule has 0 aromatic rings. The molecule has 11 heavy (non-hydrogen) atoms. The minimum absolute atomic E-state index is 0.129. The number of rotatable bonds is 2. The minimum atomic E-state index is 0.129. The van der Waals surface area contributed by atoms with Crippen molar-refractivity contribution in [1.29, 1.82) is 0 Å². The molecule has 3 nitrogen and oxygen atoms in total. The van der Waals surface area contributed by atoms with E-state index in [9.17, 15) is 4.79 Å². The highest BCUT2D eigenvalue weighted by Crippen LogP contribution is 2.35. The summed E-state index contributed by atoms with van der Waals surface area (Å²) in [5.74, 6) is 0.791.